The molecule has 21 heavy (non-hydrogen) atoms. The molecular formula is C15H12ClNO3S. The molecule has 1 heterocycles. The molecule has 0 radical (unpaired) electrons. The van der Waals surface area contributed by atoms with Gasteiger partial charge in [0, 0.05) is 17.1 Å². The molecule has 0 atom stereocenters. The lowest BCUT2D eigenvalue weighted by molar-refractivity contribution is 0.414. The number of aromatic nitrogens is 1. The third-order valence-electron chi connectivity index (χ3n) is 3.27. The minimum absolute atomic E-state index is 0.137. The zero-order valence-electron chi connectivity index (χ0n) is 11.1. The largest absolute Gasteiger partial charge is 0.495 e. The Hall–Kier alpha value is -1.98. The fraction of sp³-hybridized carbons (Fsp3) is 0.0667. The summed E-state index contributed by atoms with van der Waals surface area (Å²) in [5, 5.41) is 0.919. The maximum atomic E-state index is 12.7. The standard InChI is InChI=1S/C15H12ClNO3S/c1-20-14-7-6-10(8-12(14)16)21(18,19)15-9-17-13-5-3-2-4-11(13)15/h2-9,17H,1H3. The highest BCUT2D eigenvalue weighted by atomic mass is 35.5. The Balaban J connectivity index is 2.19. The first-order valence-electron chi connectivity index (χ1n) is 6.19. The topological polar surface area (TPSA) is 59.2 Å². The summed E-state index contributed by atoms with van der Waals surface area (Å²) in [6.45, 7) is 0. The number of fused-ring (bicyclic) bond motifs is 1. The van der Waals surface area contributed by atoms with Gasteiger partial charge in [0.15, 0.2) is 0 Å². The quantitative estimate of drug-likeness (QED) is 0.800. The normalized spacial score (nSPS) is 11.7. The molecule has 6 heteroatoms. The molecule has 0 amide bonds. The van der Waals surface area contributed by atoms with Crippen molar-refractivity contribution in [2.75, 3.05) is 7.11 Å². The monoisotopic (exact) mass is 321 g/mol. The summed E-state index contributed by atoms with van der Waals surface area (Å²) in [6.07, 6.45) is 1.50. The van der Waals surface area contributed by atoms with E-state index in [0.717, 1.165) is 5.52 Å². The molecular weight excluding hydrogens is 310 g/mol. The summed E-state index contributed by atoms with van der Waals surface area (Å²) in [4.78, 5) is 3.34. The first kappa shape index (κ1) is 14.0. The van der Waals surface area contributed by atoms with Crippen molar-refractivity contribution in [3.8, 4) is 5.75 Å². The van der Waals surface area contributed by atoms with Crippen LogP contribution in [-0.2, 0) is 9.84 Å². The van der Waals surface area contributed by atoms with E-state index in [2.05, 4.69) is 4.98 Å². The van der Waals surface area contributed by atoms with Gasteiger partial charge in [-0.3, -0.25) is 0 Å². The van der Waals surface area contributed by atoms with E-state index < -0.39 is 9.84 Å². The van der Waals surface area contributed by atoms with Crippen LogP contribution in [0.2, 0.25) is 5.02 Å². The zero-order chi connectivity index (χ0) is 15.0. The Morgan fingerprint density at radius 1 is 1.14 bits per heavy atom. The Labute approximate surface area is 127 Å². The fourth-order valence-corrected chi connectivity index (χ4v) is 3.99. The molecule has 0 aliphatic heterocycles. The van der Waals surface area contributed by atoms with Gasteiger partial charge in [0.2, 0.25) is 9.84 Å². The molecule has 0 unspecified atom stereocenters. The van der Waals surface area contributed by atoms with E-state index in [1.165, 1.54) is 25.4 Å². The van der Waals surface area contributed by atoms with Crippen LogP contribution in [0.4, 0.5) is 0 Å². The first-order valence-corrected chi connectivity index (χ1v) is 8.05. The van der Waals surface area contributed by atoms with Crippen molar-refractivity contribution >= 4 is 32.3 Å². The van der Waals surface area contributed by atoms with Gasteiger partial charge in [-0.05, 0) is 24.3 Å². The van der Waals surface area contributed by atoms with Gasteiger partial charge in [0.25, 0.3) is 0 Å². The Morgan fingerprint density at radius 3 is 2.62 bits per heavy atom. The Kier molecular flexibility index (Phi) is 3.39. The number of ether oxygens (including phenoxy) is 1. The number of hydrogen-bond acceptors (Lipinski definition) is 3. The second-order valence-electron chi connectivity index (χ2n) is 4.50. The fourth-order valence-electron chi connectivity index (χ4n) is 2.21. The number of H-pyrrole nitrogens is 1. The van der Waals surface area contributed by atoms with Crippen molar-refractivity contribution in [1.29, 1.82) is 0 Å². The highest BCUT2D eigenvalue weighted by Gasteiger charge is 2.22. The minimum atomic E-state index is -3.64. The molecule has 108 valence electrons. The predicted octanol–water partition coefficient (Wildman–Crippen LogP) is 3.66. The average molecular weight is 322 g/mol. The Morgan fingerprint density at radius 2 is 1.90 bits per heavy atom. The molecule has 3 aromatic rings. The second kappa shape index (κ2) is 5.09. The van der Waals surface area contributed by atoms with Crippen LogP contribution < -0.4 is 4.74 Å². The van der Waals surface area contributed by atoms with E-state index >= 15 is 0 Å². The van der Waals surface area contributed by atoms with Crippen LogP contribution in [0.1, 0.15) is 0 Å². The van der Waals surface area contributed by atoms with E-state index in [9.17, 15) is 8.42 Å². The third kappa shape index (κ3) is 2.28. The lowest BCUT2D eigenvalue weighted by Crippen LogP contribution is -2.01. The molecule has 0 bridgehead atoms. The number of methoxy groups -OCH3 is 1. The zero-order valence-corrected chi connectivity index (χ0v) is 12.7. The smallest absolute Gasteiger partial charge is 0.208 e. The van der Waals surface area contributed by atoms with E-state index in [1.54, 1.807) is 18.2 Å². The number of benzene rings is 2. The number of aromatic amines is 1. The Bertz CT molecular complexity index is 916. The molecule has 3 rings (SSSR count). The molecule has 0 saturated heterocycles. The maximum Gasteiger partial charge on any atom is 0.208 e. The number of para-hydroxylation sites is 1. The summed E-state index contributed by atoms with van der Waals surface area (Å²) in [5.41, 5.74) is 0.774. The van der Waals surface area contributed by atoms with E-state index in [0.29, 0.717) is 11.1 Å². The van der Waals surface area contributed by atoms with Gasteiger partial charge in [0.05, 0.1) is 21.9 Å². The molecule has 0 aliphatic carbocycles. The van der Waals surface area contributed by atoms with Crippen LogP contribution in [0.3, 0.4) is 0 Å². The SMILES string of the molecule is COc1ccc(S(=O)(=O)c2c[nH]c3ccccc23)cc1Cl. The molecule has 0 saturated carbocycles. The van der Waals surface area contributed by atoms with Crippen molar-refractivity contribution in [3.05, 3.63) is 53.7 Å². The average Bonchev–Trinajstić information content (AvgIpc) is 2.91. The van der Waals surface area contributed by atoms with Gasteiger partial charge < -0.3 is 9.72 Å². The van der Waals surface area contributed by atoms with E-state index in [4.69, 9.17) is 16.3 Å². The molecule has 2 aromatic carbocycles. The van der Waals surface area contributed by atoms with Crippen LogP contribution in [0, 0.1) is 0 Å². The number of rotatable bonds is 3. The van der Waals surface area contributed by atoms with Gasteiger partial charge in [-0.1, -0.05) is 29.8 Å². The van der Waals surface area contributed by atoms with Crippen LogP contribution in [0.5, 0.6) is 5.75 Å². The molecule has 4 nitrogen and oxygen atoms in total. The molecule has 0 aliphatic rings. The summed E-state index contributed by atoms with van der Waals surface area (Å²) < 4.78 is 30.5. The lowest BCUT2D eigenvalue weighted by atomic mass is 10.2. The highest BCUT2D eigenvalue weighted by molar-refractivity contribution is 7.91. The van der Waals surface area contributed by atoms with Crippen LogP contribution in [-0.4, -0.2) is 20.5 Å². The van der Waals surface area contributed by atoms with E-state index in [-0.39, 0.29) is 14.8 Å². The number of nitrogens with one attached hydrogen (secondary N) is 1. The van der Waals surface area contributed by atoms with Crippen molar-refractivity contribution in [2.24, 2.45) is 0 Å². The van der Waals surface area contributed by atoms with Gasteiger partial charge in [-0.2, -0.15) is 0 Å². The van der Waals surface area contributed by atoms with Gasteiger partial charge in [-0.25, -0.2) is 8.42 Å². The maximum absolute atomic E-state index is 12.7. The first-order chi connectivity index (χ1) is 10.0. The van der Waals surface area contributed by atoms with Crippen LogP contribution in [0.15, 0.2) is 58.5 Å². The van der Waals surface area contributed by atoms with Crippen molar-refractivity contribution in [3.63, 3.8) is 0 Å². The molecule has 0 fully saturated rings. The van der Waals surface area contributed by atoms with Gasteiger partial charge in [-0.15, -0.1) is 0 Å². The number of hydrogen-bond donors (Lipinski definition) is 1. The number of halogens is 1. The third-order valence-corrected chi connectivity index (χ3v) is 5.36. The van der Waals surface area contributed by atoms with E-state index in [1.807, 2.05) is 12.1 Å². The van der Waals surface area contributed by atoms with Crippen molar-refractivity contribution < 1.29 is 13.2 Å². The van der Waals surface area contributed by atoms with Crippen LogP contribution >= 0.6 is 11.6 Å². The summed E-state index contributed by atoms with van der Waals surface area (Å²) in [7, 11) is -2.16. The molecule has 0 spiro atoms. The van der Waals surface area contributed by atoms with Crippen molar-refractivity contribution in [1.82, 2.24) is 4.98 Å². The van der Waals surface area contributed by atoms with Gasteiger partial charge in [0.1, 0.15) is 5.75 Å². The summed E-state index contributed by atoms with van der Waals surface area (Å²) >= 11 is 6.02. The second-order valence-corrected chi connectivity index (χ2v) is 6.82. The van der Waals surface area contributed by atoms with Crippen LogP contribution in [0.25, 0.3) is 10.9 Å². The molecule has 1 aromatic heterocycles. The van der Waals surface area contributed by atoms with Crippen molar-refractivity contribution in [2.45, 2.75) is 9.79 Å². The predicted molar refractivity (Wildman–Crippen MR) is 81.8 cm³/mol. The number of sulfone groups is 1. The summed E-state index contributed by atoms with van der Waals surface area (Å²) in [6, 6.07) is 11.7. The summed E-state index contributed by atoms with van der Waals surface area (Å²) in [5.74, 6) is 0.439. The van der Waals surface area contributed by atoms with Gasteiger partial charge >= 0.3 is 0 Å². The highest BCUT2D eigenvalue weighted by Crippen LogP contribution is 2.32. The molecule has 1 N–H and O–H groups in total. The lowest BCUT2D eigenvalue weighted by Gasteiger charge is -2.07. The minimum Gasteiger partial charge on any atom is -0.495 e.